The minimum Gasteiger partial charge on any atom is -0.448 e. The zero-order chi connectivity index (χ0) is 26.2. The SMILES string of the molecule is CCOC(=O)/N=[SH](=O)/c1ccc(Nc2ncc(-c3cccc(N4CCCC4)c3)c(N[C@H](C)CO)n2)cc1. The van der Waals surface area contributed by atoms with Crippen molar-refractivity contribution in [3.8, 4) is 11.1 Å². The molecule has 2 heterocycles. The number of hydrogen-bond acceptors (Lipinski definition) is 9. The first-order valence-corrected chi connectivity index (χ1v) is 13.5. The van der Waals surface area contributed by atoms with Gasteiger partial charge < -0.3 is 25.4 Å². The van der Waals surface area contributed by atoms with E-state index >= 15 is 0 Å². The molecule has 1 amide bonds. The minimum atomic E-state index is -2.25. The van der Waals surface area contributed by atoms with E-state index in [9.17, 15) is 14.1 Å². The van der Waals surface area contributed by atoms with Crippen LogP contribution in [-0.4, -0.2) is 57.7 Å². The molecule has 2 atom stereocenters. The van der Waals surface area contributed by atoms with Crippen molar-refractivity contribution in [1.82, 2.24) is 9.97 Å². The highest BCUT2D eigenvalue weighted by Gasteiger charge is 2.16. The second-order valence-electron chi connectivity index (χ2n) is 8.67. The Kier molecular flexibility index (Phi) is 8.91. The Hall–Kier alpha value is -3.70. The zero-order valence-electron chi connectivity index (χ0n) is 20.9. The second kappa shape index (κ2) is 12.5. The number of thiol groups is 1. The first kappa shape index (κ1) is 26.4. The van der Waals surface area contributed by atoms with Crippen molar-refractivity contribution in [3.05, 3.63) is 54.7 Å². The fourth-order valence-electron chi connectivity index (χ4n) is 3.97. The van der Waals surface area contributed by atoms with E-state index in [4.69, 9.17) is 4.74 Å². The van der Waals surface area contributed by atoms with Crippen LogP contribution in [0.15, 0.2) is 64.0 Å². The smallest absolute Gasteiger partial charge is 0.441 e. The number of amides is 1. The van der Waals surface area contributed by atoms with E-state index in [-0.39, 0.29) is 19.3 Å². The van der Waals surface area contributed by atoms with Crippen molar-refractivity contribution in [2.24, 2.45) is 4.36 Å². The number of carbonyl (C=O) groups is 1. The van der Waals surface area contributed by atoms with Gasteiger partial charge in [-0.05, 0) is 68.7 Å². The molecule has 0 saturated carbocycles. The van der Waals surface area contributed by atoms with Crippen molar-refractivity contribution >= 4 is 39.8 Å². The first-order valence-electron chi connectivity index (χ1n) is 12.3. The van der Waals surface area contributed by atoms with Crippen LogP contribution >= 0.6 is 0 Å². The normalized spacial score (nSPS) is 14.8. The van der Waals surface area contributed by atoms with Crippen LogP contribution in [0.4, 0.5) is 27.9 Å². The number of aliphatic hydroxyl groups is 1. The van der Waals surface area contributed by atoms with Gasteiger partial charge in [-0.25, -0.2) is 14.0 Å². The molecule has 1 unspecified atom stereocenters. The number of ether oxygens (including phenoxy) is 1. The van der Waals surface area contributed by atoms with Crippen LogP contribution in [0.5, 0.6) is 0 Å². The summed E-state index contributed by atoms with van der Waals surface area (Å²) in [5.74, 6) is 0.964. The fraction of sp³-hybridized carbons (Fsp3) is 0.346. The highest BCUT2D eigenvalue weighted by Crippen LogP contribution is 2.31. The van der Waals surface area contributed by atoms with Crippen molar-refractivity contribution in [1.29, 1.82) is 0 Å². The van der Waals surface area contributed by atoms with Gasteiger partial charge in [-0.2, -0.15) is 4.98 Å². The lowest BCUT2D eigenvalue weighted by atomic mass is 10.1. The molecule has 1 saturated heterocycles. The summed E-state index contributed by atoms with van der Waals surface area (Å²) in [5, 5.41) is 16.0. The summed E-state index contributed by atoms with van der Waals surface area (Å²) in [7, 11) is -2.25. The van der Waals surface area contributed by atoms with Crippen molar-refractivity contribution in [2.45, 2.75) is 37.6 Å². The fourth-order valence-corrected chi connectivity index (χ4v) is 4.70. The van der Waals surface area contributed by atoms with Crippen molar-refractivity contribution < 1.29 is 18.8 Å². The Morgan fingerprint density at radius 2 is 1.97 bits per heavy atom. The number of carbonyl (C=O) groups excluding carboxylic acids is 1. The third-order valence-electron chi connectivity index (χ3n) is 5.86. The van der Waals surface area contributed by atoms with Gasteiger partial charge in [0.05, 0.1) is 23.8 Å². The van der Waals surface area contributed by atoms with Crippen LogP contribution in [0.1, 0.15) is 26.7 Å². The molecular formula is C26H32N6O4S. The molecule has 0 bridgehead atoms. The van der Waals surface area contributed by atoms with E-state index in [1.165, 1.54) is 18.5 Å². The van der Waals surface area contributed by atoms with E-state index in [1.807, 2.05) is 19.1 Å². The Labute approximate surface area is 218 Å². The van der Waals surface area contributed by atoms with Crippen LogP contribution in [-0.2, 0) is 15.3 Å². The third-order valence-corrected chi connectivity index (χ3v) is 6.94. The molecule has 10 nitrogen and oxygen atoms in total. The number of aliphatic hydroxyl groups excluding tert-OH is 1. The van der Waals surface area contributed by atoms with Gasteiger partial charge in [0.25, 0.3) is 0 Å². The summed E-state index contributed by atoms with van der Waals surface area (Å²) in [6.45, 7) is 5.77. The molecule has 0 spiro atoms. The van der Waals surface area contributed by atoms with Gasteiger partial charge in [-0.3, -0.25) is 0 Å². The molecule has 1 aliphatic rings. The molecule has 0 radical (unpaired) electrons. The van der Waals surface area contributed by atoms with Crippen LogP contribution < -0.4 is 15.5 Å². The lowest BCUT2D eigenvalue weighted by molar-refractivity contribution is 0.164. The lowest BCUT2D eigenvalue weighted by Gasteiger charge is -2.20. The third kappa shape index (κ3) is 6.95. The van der Waals surface area contributed by atoms with Crippen LogP contribution in [0.3, 0.4) is 0 Å². The van der Waals surface area contributed by atoms with Gasteiger partial charge in [0, 0.05) is 47.2 Å². The number of aromatic nitrogens is 2. The summed E-state index contributed by atoms with van der Waals surface area (Å²) in [6.07, 6.45) is 3.31. The van der Waals surface area contributed by atoms with E-state index in [0.717, 1.165) is 24.2 Å². The van der Waals surface area contributed by atoms with Crippen molar-refractivity contribution in [3.63, 3.8) is 0 Å². The van der Waals surface area contributed by atoms with Gasteiger partial charge in [-0.15, -0.1) is 4.36 Å². The minimum absolute atomic E-state index is 0.0451. The molecule has 1 aliphatic heterocycles. The number of nitrogens with one attached hydrogen (secondary N) is 2. The average Bonchev–Trinajstić information content (AvgIpc) is 3.45. The Morgan fingerprint density at radius 3 is 2.68 bits per heavy atom. The summed E-state index contributed by atoms with van der Waals surface area (Å²) in [6, 6.07) is 14.8. The summed E-state index contributed by atoms with van der Waals surface area (Å²) in [5.41, 5.74) is 3.67. The second-order valence-corrected chi connectivity index (χ2v) is 9.93. The van der Waals surface area contributed by atoms with E-state index in [2.05, 4.69) is 42.0 Å². The van der Waals surface area contributed by atoms with Gasteiger partial charge >= 0.3 is 6.09 Å². The maximum Gasteiger partial charge on any atom is 0.441 e. The monoisotopic (exact) mass is 524 g/mol. The quantitative estimate of drug-likeness (QED) is 0.300. The average molecular weight is 525 g/mol. The highest BCUT2D eigenvalue weighted by atomic mass is 32.2. The topological polar surface area (TPSA) is 129 Å². The van der Waals surface area contributed by atoms with Gasteiger partial charge in [-0.1, -0.05) is 12.1 Å². The van der Waals surface area contributed by atoms with E-state index in [1.54, 1.807) is 37.4 Å². The van der Waals surface area contributed by atoms with Gasteiger partial charge in [0.15, 0.2) is 0 Å². The molecule has 37 heavy (non-hydrogen) atoms. The maximum atomic E-state index is 12.3. The molecule has 196 valence electrons. The maximum absolute atomic E-state index is 12.3. The number of benzene rings is 2. The Morgan fingerprint density at radius 1 is 1.22 bits per heavy atom. The predicted octanol–water partition coefficient (Wildman–Crippen LogP) is 4.46. The van der Waals surface area contributed by atoms with Crippen LogP contribution in [0.2, 0.25) is 0 Å². The molecular weight excluding hydrogens is 492 g/mol. The number of hydrogen-bond donors (Lipinski definition) is 4. The molecule has 4 rings (SSSR count). The molecule has 0 aliphatic carbocycles. The largest absolute Gasteiger partial charge is 0.448 e. The molecule has 11 heteroatoms. The van der Waals surface area contributed by atoms with Gasteiger partial charge in [0.2, 0.25) is 5.95 Å². The van der Waals surface area contributed by atoms with Crippen LogP contribution in [0.25, 0.3) is 11.1 Å². The molecule has 3 N–H and O–H groups in total. The summed E-state index contributed by atoms with van der Waals surface area (Å²) >= 11 is 0. The summed E-state index contributed by atoms with van der Waals surface area (Å²) < 4.78 is 20.5. The molecule has 1 aromatic heterocycles. The molecule has 3 aromatic rings. The summed E-state index contributed by atoms with van der Waals surface area (Å²) in [4.78, 5) is 23.4. The zero-order valence-corrected chi connectivity index (χ0v) is 21.8. The van der Waals surface area contributed by atoms with E-state index < -0.39 is 16.7 Å². The van der Waals surface area contributed by atoms with Crippen molar-refractivity contribution in [2.75, 3.05) is 41.8 Å². The molecule has 1 fully saturated rings. The Balaban J connectivity index is 1.57. The number of anilines is 4. The highest BCUT2D eigenvalue weighted by molar-refractivity contribution is 7.75. The van der Waals surface area contributed by atoms with Crippen LogP contribution in [0, 0.1) is 0 Å². The number of nitrogens with zero attached hydrogens (tertiary/aromatic N) is 4. The van der Waals surface area contributed by atoms with E-state index in [0.29, 0.717) is 22.3 Å². The van der Waals surface area contributed by atoms with Gasteiger partial charge in [0.1, 0.15) is 5.82 Å². The first-order chi connectivity index (χ1) is 18.0. The number of rotatable bonds is 9. The predicted molar refractivity (Wildman–Crippen MR) is 146 cm³/mol. The molecule has 2 aromatic carbocycles. The Bertz CT molecular complexity index is 1300. The standard InChI is InChI=1S/C26H32N6O4S/c1-3-36-26(34)31-37(35)22-11-9-20(10-12-22)29-25-27-16-23(24(30-25)28-18(2)17-33)19-7-6-8-21(15-19)32-13-4-5-14-32/h6-12,15-16,18,33,37H,3-5,13-14,17H2,1-2H3,(H2,27,28,29,30)/t18-/m1/s1. The lowest BCUT2D eigenvalue weighted by Crippen LogP contribution is -2.21.